The predicted molar refractivity (Wildman–Crippen MR) is 136 cm³/mol. The average Bonchev–Trinajstić information content (AvgIpc) is 2.84. The van der Waals surface area contributed by atoms with Gasteiger partial charge >= 0.3 is 0 Å². The molecule has 3 N–H and O–H groups in total. The number of benzene rings is 2. The molecule has 0 saturated heterocycles. The number of nitrogens with one attached hydrogen (secondary N) is 1. The quantitative estimate of drug-likeness (QED) is 0.596. The molecule has 4 rings (SSSR count). The maximum Gasteiger partial charge on any atom is 0.253 e. The maximum atomic E-state index is 12.6. The van der Waals surface area contributed by atoms with Gasteiger partial charge in [0.25, 0.3) is 5.56 Å². The number of ether oxygens (including phenoxy) is 1. The van der Waals surface area contributed by atoms with Crippen LogP contribution in [0.25, 0.3) is 16.5 Å². The molecule has 0 spiro atoms. The third-order valence-electron chi connectivity index (χ3n) is 5.96. The number of nitriles is 1. The first-order valence-electron chi connectivity index (χ1n) is 10.6. The topological polar surface area (TPSA) is 109 Å². The van der Waals surface area contributed by atoms with E-state index in [0.717, 1.165) is 28.0 Å². The lowest BCUT2D eigenvalue weighted by atomic mass is 9.97. The van der Waals surface area contributed by atoms with Gasteiger partial charge in [0.1, 0.15) is 5.75 Å². The van der Waals surface area contributed by atoms with E-state index in [4.69, 9.17) is 10.5 Å². The minimum Gasteiger partial charge on any atom is -0.497 e. The Kier molecular flexibility index (Phi) is 5.80. The summed E-state index contributed by atoms with van der Waals surface area (Å²) in [7, 11) is 5.04. The molecular weight excluding hydrogens is 416 g/mol. The van der Waals surface area contributed by atoms with Crippen LogP contribution in [0.5, 0.6) is 5.75 Å². The summed E-state index contributed by atoms with van der Waals surface area (Å²) in [5.41, 5.74) is 11.8. The van der Waals surface area contributed by atoms with Crippen molar-refractivity contribution in [3.8, 4) is 11.8 Å². The molecule has 3 aromatic rings. The van der Waals surface area contributed by atoms with Gasteiger partial charge in [-0.3, -0.25) is 9.79 Å². The molecule has 1 aliphatic rings. The second-order valence-corrected chi connectivity index (χ2v) is 7.89. The molecule has 8 nitrogen and oxygen atoms in total. The van der Waals surface area contributed by atoms with Gasteiger partial charge in [-0.15, -0.1) is 0 Å². The van der Waals surface area contributed by atoms with Gasteiger partial charge in [0.05, 0.1) is 41.3 Å². The lowest BCUT2D eigenvalue weighted by Crippen LogP contribution is -2.31. The highest BCUT2D eigenvalue weighted by atomic mass is 16.5. The summed E-state index contributed by atoms with van der Waals surface area (Å²) in [5.74, 6) is 0.654. The number of pyridine rings is 1. The maximum absolute atomic E-state index is 12.6. The molecule has 0 atom stereocenters. The van der Waals surface area contributed by atoms with Crippen LogP contribution in [0.3, 0.4) is 0 Å². The molecule has 2 aromatic carbocycles. The van der Waals surface area contributed by atoms with Gasteiger partial charge in [0, 0.05) is 75.2 Å². The van der Waals surface area contributed by atoms with Gasteiger partial charge in [0.15, 0.2) is 0 Å². The van der Waals surface area contributed by atoms with E-state index in [0.29, 0.717) is 41.1 Å². The molecule has 170 valence electrons. The fraction of sp³-hybridized carbons (Fsp3) is 0.240. The standard InChI is InChI=1S/C25H26N6O2.H2/c1-15-7-20-22(30(3)25(15)32)9-18(33-4)10-23(20)31-6-5-29-21-11-19(17(13-27)14-28-2)16(12-26)8-24(21)31;/h7-11,13-14,29H,5-6,27H2,1-4H3;1H/b17-13+,28-14?;. The van der Waals surface area contributed by atoms with Crippen molar-refractivity contribution in [2.24, 2.45) is 17.8 Å². The zero-order valence-electron chi connectivity index (χ0n) is 19.1. The van der Waals surface area contributed by atoms with Crippen molar-refractivity contribution >= 4 is 39.8 Å². The van der Waals surface area contributed by atoms with Crippen molar-refractivity contribution in [3.63, 3.8) is 0 Å². The van der Waals surface area contributed by atoms with Crippen LogP contribution in [-0.4, -0.2) is 38.0 Å². The predicted octanol–water partition coefficient (Wildman–Crippen LogP) is 3.54. The first-order valence-corrected chi connectivity index (χ1v) is 10.6. The summed E-state index contributed by atoms with van der Waals surface area (Å²) in [6.45, 7) is 3.19. The fourth-order valence-electron chi connectivity index (χ4n) is 4.32. The number of hydrogen-bond acceptors (Lipinski definition) is 7. The number of aliphatic imine (C=N–C) groups is 1. The van der Waals surface area contributed by atoms with Crippen LogP contribution in [0, 0.1) is 18.3 Å². The van der Waals surface area contributed by atoms with E-state index < -0.39 is 0 Å². The summed E-state index contributed by atoms with van der Waals surface area (Å²) in [6, 6.07) is 11.8. The Morgan fingerprint density at radius 1 is 1.30 bits per heavy atom. The number of hydrogen-bond donors (Lipinski definition) is 2. The molecule has 0 radical (unpaired) electrons. The Balaban J connectivity index is 0.00000324. The molecular formula is C25H28N6O2. The highest BCUT2D eigenvalue weighted by Gasteiger charge is 2.24. The van der Waals surface area contributed by atoms with E-state index in [2.05, 4.69) is 21.3 Å². The Bertz CT molecular complexity index is 1420. The summed E-state index contributed by atoms with van der Waals surface area (Å²) < 4.78 is 7.20. The van der Waals surface area contributed by atoms with Gasteiger partial charge in [-0.1, -0.05) is 0 Å². The minimum absolute atomic E-state index is 0. The number of fused-ring (bicyclic) bond motifs is 2. The van der Waals surface area contributed by atoms with Crippen LogP contribution >= 0.6 is 0 Å². The van der Waals surface area contributed by atoms with Crippen molar-refractivity contribution in [3.05, 3.63) is 63.6 Å². The lowest BCUT2D eigenvalue weighted by molar-refractivity contribution is 0.415. The van der Waals surface area contributed by atoms with Crippen LogP contribution in [0.1, 0.15) is 18.1 Å². The number of nitrogens with two attached hydrogens (primary N) is 1. The molecule has 1 aliphatic heterocycles. The highest BCUT2D eigenvalue weighted by Crippen LogP contribution is 2.42. The molecule has 0 amide bonds. The van der Waals surface area contributed by atoms with Crippen LogP contribution in [-0.2, 0) is 7.05 Å². The van der Waals surface area contributed by atoms with Crippen molar-refractivity contribution < 1.29 is 6.16 Å². The van der Waals surface area contributed by atoms with Crippen LogP contribution in [0.15, 0.2) is 46.3 Å². The van der Waals surface area contributed by atoms with Crippen molar-refractivity contribution in [2.75, 3.05) is 37.5 Å². The van der Waals surface area contributed by atoms with Gasteiger partial charge in [0.2, 0.25) is 0 Å². The van der Waals surface area contributed by atoms with Crippen molar-refractivity contribution in [2.45, 2.75) is 6.92 Å². The number of aromatic nitrogens is 1. The Morgan fingerprint density at radius 2 is 2.09 bits per heavy atom. The molecule has 1 aromatic heterocycles. The second-order valence-electron chi connectivity index (χ2n) is 7.89. The minimum atomic E-state index is -0.0440. The third-order valence-corrected chi connectivity index (χ3v) is 5.96. The van der Waals surface area contributed by atoms with E-state index in [9.17, 15) is 10.1 Å². The molecule has 0 fully saturated rings. The third kappa shape index (κ3) is 3.68. The van der Waals surface area contributed by atoms with Gasteiger partial charge in [-0.25, -0.2) is 0 Å². The fourth-order valence-corrected chi connectivity index (χ4v) is 4.32. The van der Waals surface area contributed by atoms with Crippen molar-refractivity contribution in [1.29, 1.82) is 5.26 Å². The summed E-state index contributed by atoms with van der Waals surface area (Å²) in [5, 5.41) is 14.3. The largest absolute Gasteiger partial charge is 0.497 e. The van der Waals surface area contributed by atoms with E-state index >= 15 is 0 Å². The molecule has 2 heterocycles. The van der Waals surface area contributed by atoms with Gasteiger partial charge in [-0.2, -0.15) is 5.26 Å². The van der Waals surface area contributed by atoms with E-state index in [1.54, 1.807) is 32.0 Å². The molecule has 0 saturated carbocycles. The first kappa shape index (κ1) is 22.0. The highest BCUT2D eigenvalue weighted by molar-refractivity contribution is 6.11. The Morgan fingerprint density at radius 3 is 2.76 bits per heavy atom. The molecule has 0 bridgehead atoms. The van der Waals surface area contributed by atoms with Gasteiger partial charge in [-0.05, 0) is 25.1 Å². The van der Waals surface area contributed by atoms with E-state index in [1.807, 2.05) is 37.3 Å². The number of rotatable bonds is 4. The zero-order chi connectivity index (χ0) is 23.7. The van der Waals surface area contributed by atoms with Crippen molar-refractivity contribution in [1.82, 2.24) is 4.57 Å². The first-order chi connectivity index (χ1) is 15.9. The van der Waals surface area contributed by atoms with E-state index in [-0.39, 0.29) is 6.99 Å². The monoisotopic (exact) mass is 444 g/mol. The number of methoxy groups -OCH3 is 1. The average molecular weight is 445 g/mol. The van der Waals surface area contributed by atoms with E-state index in [1.165, 1.54) is 6.20 Å². The smallest absolute Gasteiger partial charge is 0.253 e. The zero-order valence-corrected chi connectivity index (χ0v) is 19.1. The van der Waals surface area contributed by atoms with Crippen LogP contribution in [0.4, 0.5) is 17.1 Å². The lowest BCUT2D eigenvalue weighted by Gasteiger charge is -2.34. The molecule has 0 unspecified atom stereocenters. The number of nitrogens with zero attached hydrogens (tertiary/aromatic N) is 4. The number of anilines is 3. The SMILES string of the molecule is CN=C/C(=C\N)c1cc2c(cc1C#N)N(c1cc(OC)cc3c1cc(C)c(=O)n3C)CCN2.[HH]. The molecule has 8 heteroatoms. The summed E-state index contributed by atoms with van der Waals surface area (Å²) in [6.07, 6.45) is 3.09. The van der Waals surface area contributed by atoms with Crippen LogP contribution in [0.2, 0.25) is 0 Å². The Hall–Kier alpha value is -4.25. The van der Waals surface area contributed by atoms with Crippen LogP contribution < -0.4 is 26.2 Å². The molecule has 33 heavy (non-hydrogen) atoms. The number of allylic oxidation sites excluding steroid dienone is 1. The normalized spacial score (nSPS) is 13.7. The summed E-state index contributed by atoms with van der Waals surface area (Å²) in [4.78, 5) is 18.8. The number of aryl methyl sites for hydroxylation is 2. The summed E-state index contributed by atoms with van der Waals surface area (Å²) >= 11 is 0. The molecule has 0 aliphatic carbocycles. The van der Waals surface area contributed by atoms with Gasteiger partial charge < -0.3 is 25.3 Å². The second kappa shape index (κ2) is 8.71. The Labute approximate surface area is 193 Å².